The fourth-order valence-corrected chi connectivity index (χ4v) is 4.46. The van der Waals surface area contributed by atoms with E-state index in [0.717, 1.165) is 34.9 Å². The molecular weight excluding hydrogens is 383 g/mol. The Morgan fingerprint density at radius 2 is 2.04 bits per heavy atom. The zero-order chi connectivity index (χ0) is 20.1. The van der Waals surface area contributed by atoms with Crippen LogP contribution < -0.4 is 0 Å². The first-order valence-corrected chi connectivity index (χ1v) is 10.2. The number of nitrogens with zero attached hydrogens (tertiary/aromatic N) is 3. The molecule has 146 valence electrons. The van der Waals surface area contributed by atoms with Crippen LogP contribution in [0.5, 0.6) is 0 Å². The van der Waals surface area contributed by atoms with Crippen LogP contribution in [0, 0.1) is 0 Å². The number of hydrogen-bond acceptors (Lipinski definition) is 3. The molecule has 2 aromatic heterocycles. The predicted octanol–water partition coefficient (Wildman–Crippen LogP) is 6.29. The van der Waals surface area contributed by atoms with Crippen LogP contribution in [0.25, 0.3) is 28.6 Å². The maximum Gasteiger partial charge on any atom is 0.417 e. The Kier molecular flexibility index (Phi) is 4.73. The summed E-state index contributed by atoms with van der Waals surface area (Å²) in [6.45, 7) is 4.27. The smallest absolute Gasteiger partial charge is 0.312 e. The van der Waals surface area contributed by atoms with E-state index in [4.69, 9.17) is 0 Å². The topological polar surface area (TPSA) is 30.7 Å². The van der Waals surface area contributed by atoms with Crippen LogP contribution in [0.2, 0.25) is 0 Å². The van der Waals surface area contributed by atoms with Gasteiger partial charge in [-0.2, -0.15) is 13.2 Å². The third-order valence-electron chi connectivity index (χ3n) is 5.08. The van der Waals surface area contributed by atoms with Crippen molar-refractivity contribution in [2.75, 3.05) is 5.75 Å². The average Bonchev–Trinajstić information content (AvgIpc) is 2.97. The van der Waals surface area contributed by atoms with Crippen LogP contribution in [0.3, 0.4) is 0 Å². The summed E-state index contributed by atoms with van der Waals surface area (Å²) in [5.41, 5.74) is 3.31. The van der Waals surface area contributed by atoms with E-state index in [1.807, 2.05) is 0 Å². The lowest BCUT2D eigenvalue weighted by atomic mass is 9.87. The van der Waals surface area contributed by atoms with Crippen LogP contribution in [-0.2, 0) is 13.2 Å². The molecular formula is C21H20F3N3S. The summed E-state index contributed by atoms with van der Waals surface area (Å²) in [6, 6.07) is 5.38. The van der Waals surface area contributed by atoms with Gasteiger partial charge in [0.2, 0.25) is 0 Å². The van der Waals surface area contributed by atoms with Gasteiger partial charge in [-0.15, -0.1) is 11.8 Å². The minimum Gasteiger partial charge on any atom is -0.312 e. The highest BCUT2D eigenvalue weighted by molar-refractivity contribution is 7.99. The lowest BCUT2D eigenvalue weighted by molar-refractivity contribution is -0.137. The van der Waals surface area contributed by atoms with Crippen molar-refractivity contribution >= 4 is 29.0 Å². The Morgan fingerprint density at radius 1 is 1.25 bits per heavy atom. The number of halogens is 3. The third-order valence-corrected chi connectivity index (χ3v) is 6.02. The minimum atomic E-state index is -4.43. The first-order chi connectivity index (χ1) is 13.3. The van der Waals surface area contributed by atoms with E-state index < -0.39 is 11.7 Å². The molecule has 1 aliphatic carbocycles. The summed E-state index contributed by atoms with van der Waals surface area (Å²) in [5.74, 6) is 1.93. The van der Waals surface area contributed by atoms with Gasteiger partial charge in [0.25, 0.3) is 0 Å². The molecule has 1 aromatic carbocycles. The highest BCUT2D eigenvalue weighted by Crippen LogP contribution is 2.40. The Bertz CT molecular complexity index is 1080. The van der Waals surface area contributed by atoms with Crippen molar-refractivity contribution in [3.05, 3.63) is 47.2 Å². The van der Waals surface area contributed by atoms with Gasteiger partial charge in [0.1, 0.15) is 11.3 Å². The lowest BCUT2D eigenvalue weighted by Gasteiger charge is -2.21. The normalized spacial score (nSPS) is 16.6. The van der Waals surface area contributed by atoms with Gasteiger partial charge in [0, 0.05) is 23.7 Å². The highest BCUT2D eigenvalue weighted by atomic mass is 32.2. The van der Waals surface area contributed by atoms with Crippen molar-refractivity contribution in [2.24, 2.45) is 7.05 Å². The van der Waals surface area contributed by atoms with E-state index in [9.17, 15) is 13.2 Å². The van der Waals surface area contributed by atoms with Gasteiger partial charge < -0.3 is 4.57 Å². The van der Waals surface area contributed by atoms with Crippen molar-refractivity contribution in [3.63, 3.8) is 0 Å². The van der Waals surface area contributed by atoms with Gasteiger partial charge in [-0.25, -0.2) is 9.97 Å². The molecule has 4 rings (SSSR count). The summed E-state index contributed by atoms with van der Waals surface area (Å²) in [7, 11) is 1.80. The number of alkyl halides is 3. The molecule has 1 atom stereocenters. The van der Waals surface area contributed by atoms with Crippen LogP contribution in [0.1, 0.15) is 42.9 Å². The van der Waals surface area contributed by atoms with Crippen molar-refractivity contribution in [2.45, 2.75) is 37.3 Å². The van der Waals surface area contributed by atoms with Crippen LogP contribution in [-0.4, -0.2) is 20.3 Å². The van der Waals surface area contributed by atoms with Gasteiger partial charge in [0.05, 0.1) is 5.56 Å². The molecule has 0 amide bonds. The summed E-state index contributed by atoms with van der Waals surface area (Å²) in [5, 5.41) is 0. The summed E-state index contributed by atoms with van der Waals surface area (Å²) >= 11 is 1.71. The number of imidazole rings is 1. The SMILES string of the molecule is CCSc1cc2c(cc1-c1nc3cc(C(F)(F)F)cnc3n1C)C(C)CC=C2. The second kappa shape index (κ2) is 6.95. The highest BCUT2D eigenvalue weighted by Gasteiger charge is 2.32. The van der Waals surface area contributed by atoms with Crippen LogP contribution >= 0.6 is 11.8 Å². The van der Waals surface area contributed by atoms with Crippen molar-refractivity contribution in [3.8, 4) is 11.4 Å². The zero-order valence-corrected chi connectivity index (χ0v) is 16.7. The molecule has 2 heterocycles. The van der Waals surface area contributed by atoms with Gasteiger partial charge in [-0.05, 0) is 47.4 Å². The summed E-state index contributed by atoms with van der Waals surface area (Å²) < 4.78 is 41.0. The molecule has 0 spiro atoms. The van der Waals surface area contributed by atoms with Crippen molar-refractivity contribution in [1.29, 1.82) is 0 Å². The molecule has 0 N–H and O–H groups in total. The van der Waals surface area contributed by atoms with E-state index in [1.54, 1.807) is 23.4 Å². The number of hydrogen-bond donors (Lipinski definition) is 0. The number of allylic oxidation sites excluding steroid dienone is 1. The largest absolute Gasteiger partial charge is 0.417 e. The minimum absolute atomic E-state index is 0.255. The van der Waals surface area contributed by atoms with E-state index in [1.165, 1.54) is 11.1 Å². The number of pyridine rings is 1. The van der Waals surface area contributed by atoms with Gasteiger partial charge in [-0.3, -0.25) is 0 Å². The summed E-state index contributed by atoms with van der Waals surface area (Å²) in [4.78, 5) is 9.65. The molecule has 0 aliphatic heterocycles. The Labute approximate surface area is 165 Å². The number of fused-ring (bicyclic) bond motifs is 2. The first kappa shape index (κ1) is 19.1. The second-order valence-corrected chi connectivity index (χ2v) is 8.31. The number of thioether (sulfide) groups is 1. The van der Waals surface area contributed by atoms with E-state index in [-0.39, 0.29) is 5.52 Å². The Balaban J connectivity index is 1.93. The standard InChI is InChI=1S/C21H20F3N3S/c1-4-28-18-8-13-7-5-6-12(2)15(13)10-16(18)19-26-17-9-14(21(22,23)24)11-25-20(17)27(19)3/h5,7-12H,4,6H2,1-3H3. The molecule has 1 aliphatic rings. The molecule has 0 bridgehead atoms. The fraction of sp³-hybridized carbons (Fsp3) is 0.333. The number of rotatable bonds is 3. The predicted molar refractivity (Wildman–Crippen MR) is 107 cm³/mol. The molecule has 28 heavy (non-hydrogen) atoms. The lowest BCUT2D eigenvalue weighted by Crippen LogP contribution is -2.05. The van der Waals surface area contributed by atoms with E-state index >= 15 is 0 Å². The van der Waals surface area contributed by atoms with Gasteiger partial charge >= 0.3 is 6.18 Å². The van der Waals surface area contributed by atoms with Crippen LogP contribution in [0.4, 0.5) is 13.2 Å². The molecule has 0 radical (unpaired) electrons. The van der Waals surface area contributed by atoms with Crippen LogP contribution in [0.15, 0.2) is 35.4 Å². The number of benzene rings is 1. The maximum absolute atomic E-state index is 13.1. The molecule has 3 nitrogen and oxygen atoms in total. The van der Waals surface area contributed by atoms with E-state index in [2.05, 4.69) is 48.1 Å². The van der Waals surface area contributed by atoms with Gasteiger partial charge in [-0.1, -0.05) is 26.0 Å². The fourth-order valence-electron chi connectivity index (χ4n) is 3.63. The van der Waals surface area contributed by atoms with Gasteiger partial charge in [0.15, 0.2) is 5.65 Å². The quantitative estimate of drug-likeness (QED) is 0.482. The summed E-state index contributed by atoms with van der Waals surface area (Å²) in [6.07, 6.45) is 1.74. The molecule has 0 fully saturated rings. The maximum atomic E-state index is 13.1. The average molecular weight is 403 g/mol. The van der Waals surface area contributed by atoms with Crippen molar-refractivity contribution in [1.82, 2.24) is 14.5 Å². The molecule has 0 saturated heterocycles. The van der Waals surface area contributed by atoms with Crippen molar-refractivity contribution < 1.29 is 13.2 Å². The number of aryl methyl sites for hydroxylation is 1. The molecule has 7 heteroatoms. The molecule has 0 saturated carbocycles. The first-order valence-electron chi connectivity index (χ1n) is 9.17. The number of aromatic nitrogens is 3. The van der Waals surface area contributed by atoms with E-state index in [0.29, 0.717) is 17.4 Å². The molecule has 3 aromatic rings. The zero-order valence-electron chi connectivity index (χ0n) is 15.8. The molecule has 1 unspecified atom stereocenters. The third kappa shape index (κ3) is 3.21. The monoisotopic (exact) mass is 403 g/mol. The Hall–Kier alpha value is -2.28. The Morgan fingerprint density at radius 3 is 2.75 bits per heavy atom. The second-order valence-electron chi connectivity index (χ2n) is 7.01.